The molecule has 0 aliphatic rings. The molecule has 23 heavy (non-hydrogen) atoms. The van der Waals surface area contributed by atoms with Gasteiger partial charge in [-0.2, -0.15) is 0 Å². The predicted octanol–water partition coefficient (Wildman–Crippen LogP) is 4.02. The average Bonchev–Trinajstić information content (AvgIpc) is 2.46. The number of hydrogen-bond donors (Lipinski definition) is 1. The van der Waals surface area contributed by atoms with E-state index in [0.29, 0.717) is 6.42 Å². The summed E-state index contributed by atoms with van der Waals surface area (Å²) in [6.07, 6.45) is 0.456. The molecule has 0 saturated carbocycles. The first-order valence-corrected chi connectivity index (χ1v) is 7.97. The molecule has 0 aliphatic carbocycles. The van der Waals surface area contributed by atoms with Gasteiger partial charge in [0.05, 0.1) is 18.3 Å². The van der Waals surface area contributed by atoms with Crippen molar-refractivity contribution < 1.29 is 19.5 Å². The molecule has 1 unspecified atom stereocenters. The van der Waals surface area contributed by atoms with Crippen LogP contribution in [-0.4, -0.2) is 29.1 Å². The molecule has 0 aliphatic heterocycles. The average molecular weight is 321 g/mol. The second kappa shape index (κ2) is 9.30. The fourth-order valence-corrected chi connectivity index (χ4v) is 2.17. The summed E-state index contributed by atoms with van der Waals surface area (Å²) < 4.78 is 11.0. The van der Waals surface area contributed by atoms with Crippen molar-refractivity contribution in [3.8, 4) is 0 Å². The Bertz CT molecular complexity index is 520. The fraction of sp³-hybridized carbons (Fsp3) is 0.556. The highest BCUT2D eigenvalue weighted by molar-refractivity contribution is 6.36. The zero-order valence-electron chi connectivity index (χ0n) is 14.6. The molecule has 0 saturated heterocycles. The van der Waals surface area contributed by atoms with Gasteiger partial charge in [-0.25, -0.2) is 4.79 Å². The first kappa shape index (κ1) is 19.2. The van der Waals surface area contributed by atoms with Gasteiger partial charge in [-0.1, -0.05) is 35.0 Å². The highest BCUT2D eigenvalue weighted by Crippen LogP contribution is 2.25. The third-order valence-electron chi connectivity index (χ3n) is 3.23. The summed E-state index contributed by atoms with van der Waals surface area (Å²) in [6, 6.07) is 8.09. The molecule has 1 aromatic carbocycles. The lowest BCUT2D eigenvalue weighted by molar-refractivity contribution is -0.139. The smallest absolute Gasteiger partial charge is 0.356 e. The number of carbonyl (C=O) groups is 1. The molecule has 0 bridgehead atoms. The summed E-state index contributed by atoms with van der Waals surface area (Å²) in [5.41, 5.74) is 2.23. The molecule has 0 fully saturated rings. The normalized spacial score (nSPS) is 13.4. The maximum absolute atomic E-state index is 11.8. The van der Waals surface area contributed by atoms with Gasteiger partial charge in [-0.15, -0.1) is 0 Å². The number of aryl methyl sites for hydroxylation is 1. The van der Waals surface area contributed by atoms with Crippen molar-refractivity contribution in [3.63, 3.8) is 0 Å². The summed E-state index contributed by atoms with van der Waals surface area (Å²) in [6.45, 7) is 9.47. The SMILES string of the molecule is Cc1ccc(C(CC/C(=N/O)C(=O)OC(C)C)OC(C)C)cc1. The van der Waals surface area contributed by atoms with E-state index in [9.17, 15) is 4.79 Å². The minimum atomic E-state index is -0.588. The summed E-state index contributed by atoms with van der Waals surface area (Å²) in [7, 11) is 0. The van der Waals surface area contributed by atoms with Crippen LogP contribution in [0.15, 0.2) is 29.4 Å². The lowest BCUT2D eigenvalue weighted by atomic mass is 10.0. The molecule has 0 amide bonds. The fourth-order valence-electron chi connectivity index (χ4n) is 2.17. The quantitative estimate of drug-likeness (QED) is 0.340. The van der Waals surface area contributed by atoms with Crippen LogP contribution in [0, 0.1) is 6.92 Å². The van der Waals surface area contributed by atoms with E-state index >= 15 is 0 Å². The predicted molar refractivity (Wildman–Crippen MR) is 89.8 cm³/mol. The van der Waals surface area contributed by atoms with Crippen molar-refractivity contribution >= 4 is 11.7 Å². The molecule has 1 rings (SSSR count). The zero-order chi connectivity index (χ0) is 17.4. The lowest BCUT2D eigenvalue weighted by Gasteiger charge is -2.21. The van der Waals surface area contributed by atoms with E-state index < -0.39 is 5.97 Å². The second-order valence-corrected chi connectivity index (χ2v) is 6.12. The van der Waals surface area contributed by atoms with Gasteiger partial charge in [0.25, 0.3) is 0 Å². The van der Waals surface area contributed by atoms with Crippen molar-refractivity contribution in [1.29, 1.82) is 0 Å². The maximum Gasteiger partial charge on any atom is 0.356 e. The van der Waals surface area contributed by atoms with Crippen LogP contribution in [-0.2, 0) is 14.3 Å². The molecule has 1 aromatic rings. The summed E-state index contributed by atoms with van der Waals surface area (Å²) in [5, 5.41) is 12.1. The topological polar surface area (TPSA) is 68.1 Å². The monoisotopic (exact) mass is 321 g/mol. The Labute approximate surface area is 138 Å². The Morgan fingerprint density at radius 2 is 1.74 bits per heavy atom. The number of oxime groups is 1. The third-order valence-corrected chi connectivity index (χ3v) is 3.23. The van der Waals surface area contributed by atoms with Crippen LogP contribution in [0.1, 0.15) is 57.8 Å². The summed E-state index contributed by atoms with van der Waals surface area (Å²) >= 11 is 0. The van der Waals surface area contributed by atoms with Crippen molar-refractivity contribution in [3.05, 3.63) is 35.4 Å². The minimum Gasteiger partial charge on any atom is -0.458 e. The van der Waals surface area contributed by atoms with Gasteiger partial charge in [0.1, 0.15) is 0 Å². The summed E-state index contributed by atoms with van der Waals surface area (Å²) in [4.78, 5) is 11.8. The van der Waals surface area contributed by atoms with Crippen LogP contribution >= 0.6 is 0 Å². The molecule has 5 heteroatoms. The van der Waals surface area contributed by atoms with Gasteiger partial charge in [0, 0.05) is 6.42 Å². The third kappa shape index (κ3) is 6.82. The maximum atomic E-state index is 11.8. The Kier molecular flexibility index (Phi) is 7.75. The number of carbonyl (C=O) groups excluding carboxylic acids is 1. The van der Waals surface area contributed by atoms with Gasteiger partial charge < -0.3 is 14.7 Å². The number of rotatable bonds is 8. The molecule has 128 valence electrons. The largest absolute Gasteiger partial charge is 0.458 e. The van der Waals surface area contributed by atoms with Crippen LogP contribution in [0.2, 0.25) is 0 Å². The van der Waals surface area contributed by atoms with Crippen molar-refractivity contribution in [2.24, 2.45) is 5.16 Å². The number of ether oxygens (including phenoxy) is 2. The van der Waals surface area contributed by atoms with Crippen molar-refractivity contribution in [1.82, 2.24) is 0 Å². The molecule has 0 radical (unpaired) electrons. The lowest BCUT2D eigenvalue weighted by Crippen LogP contribution is -2.22. The van der Waals surface area contributed by atoms with Crippen LogP contribution in [0.3, 0.4) is 0 Å². The van der Waals surface area contributed by atoms with Crippen LogP contribution < -0.4 is 0 Å². The van der Waals surface area contributed by atoms with Gasteiger partial charge in [-0.05, 0) is 46.6 Å². The number of nitrogens with zero attached hydrogens (tertiary/aromatic N) is 1. The molecule has 0 spiro atoms. The van der Waals surface area contributed by atoms with E-state index in [1.807, 2.05) is 45.0 Å². The van der Waals surface area contributed by atoms with E-state index in [2.05, 4.69) is 5.16 Å². The molecule has 0 heterocycles. The molecule has 1 N–H and O–H groups in total. The number of hydrogen-bond acceptors (Lipinski definition) is 5. The highest BCUT2D eigenvalue weighted by Gasteiger charge is 2.20. The molecular weight excluding hydrogens is 294 g/mol. The highest BCUT2D eigenvalue weighted by atomic mass is 16.5. The molecular formula is C18H27NO4. The Hall–Kier alpha value is -1.88. The molecule has 0 aromatic heterocycles. The standard InChI is InChI=1S/C18H27NO4/c1-12(2)22-17(15-8-6-14(5)7-9-15)11-10-16(19-21)18(20)23-13(3)4/h6-9,12-13,17,21H,10-11H2,1-5H3/b19-16-. The Morgan fingerprint density at radius 3 is 2.22 bits per heavy atom. The van der Waals surface area contributed by atoms with Crippen molar-refractivity contribution in [2.75, 3.05) is 0 Å². The van der Waals surface area contributed by atoms with Gasteiger partial charge in [0.2, 0.25) is 0 Å². The zero-order valence-corrected chi connectivity index (χ0v) is 14.6. The molecule has 1 atom stereocenters. The van der Waals surface area contributed by atoms with Crippen molar-refractivity contribution in [2.45, 2.75) is 65.8 Å². The summed E-state index contributed by atoms with van der Waals surface area (Å²) in [5.74, 6) is -0.588. The first-order valence-electron chi connectivity index (χ1n) is 7.97. The second-order valence-electron chi connectivity index (χ2n) is 6.12. The number of esters is 1. The van der Waals surface area contributed by atoms with E-state index in [-0.39, 0.29) is 30.4 Å². The minimum absolute atomic E-state index is 0.0168. The van der Waals surface area contributed by atoms with E-state index in [1.165, 1.54) is 5.56 Å². The van der Waals surface area contributed by atoms with Crippen LogP contribution in [0.5, 0.6) is 0 Å². The Balaban J connectivity index is 2.77. The van der Waals surface area contributed by atoms with E-state index in [0.717, 1.165) is 5.56 Å². The van der Waals surface area contributed by atoms with Crippen LogP contribution in [0.25, 0.3) is 0 Å². The van der Waals surface area contributed by atoms with E-state index in [4.69, 9.17) is 14.7 Å². The van der Waals surface area contributed by atoms with Gasteiger partial charge in [0.15, 0.2) is 5.71 Å². The molecule has 5 nitrogen and oxygen atoms in total. The van der Waals surface area contributed by atoms with E-state index in [1.54, 1.807) is 13.8 Å². The van der Waals surface area contributed by atoms with Gasteiger partial charge >= 0.3 is 5.97 Å². The number of benzene rings is 1. The van der Waals surface area contributed by atoms with Gasteiger partial charge in [-0.3, -0.25) is 0 Å². The Morgan fingerprint density at radius 1 is 1.13 bits per heavy atom. The van der Waals surface area contributed by atoms with Crippen LogP contribution in [0.4, 0.5) is 0 Å². The first-order chi connectivity index (χ1) is 10.8.